The Labute approximate surface area is 177 Å². The number of hydrogen-bond acceptors (Lipinski definition) is 4. The summed E-state index contributed by atoms with van der Waals surface area (Å²) in [6.45, 7) is 2.55. The highest BCUT2D eigenvalue weighted by molar-refractivity contribution is 14.1. The van der Waals surface area contributed by atoms with Crippen LogP contribution in [-0.4, -0.2) is 18.5 Å². The van der Waals surface area contributed by atoms with Gasteiger partial charge in [0.25, 0.3) is 0 Å². The van der Waals surface area contributed by atoms with E-state index in [1.807, 2.05) is 31.2 Å². The summed E-state index contributed by atoms with van der Waals surface area (Å²) < 4.78 is 12.8. The Kier molecular flexibility index (Phi) is 6.00. The van der Waals surface area contributed by atoms with E-state index >= 15 is 0 Å². The number of esters is 1. The molecule has 0 fully saturated rings. The van der Waals surface area contributed by atoms with E-state index in [-0.39, 0.29) is 11.6 Å². The third-order valence-corrected chi connectivity index (χ3v) is 5.27. The van der Waals surface area contributed by atoms with Crippen LogP contribution in [0.25, 0.3) is 6.08 Å². The Morgan fingerprint density at radius 1 is 1.24 bits per heavy atom. The second-order valence-corrected chi connectivity index (χ2v) is 7.79. The maximum atomic E-state index is 12.1. The largest absolute Gasteiger partial charge is 0.492 e. The van der Waals surface area contributed by atoms with Gasteiger partial charge in [-0.1, -0.05) is 23.7 Å². The molecule has 0 aliphatic carbocycles. The van der Waals surface area contributed by atoms with E-state index in [0.29, 0.717) is 17.2 Å². The van der Waals surface area contributed by atoms with Gasteiger partial charge in [0.05, 0.1) is 24.3 Å². The molecule has 1 aliphatic heterocycles. The molecule has 0 saturated carbocycles. The number of aliphatic imine (C=N–C) groups is 1. The molecule has 2 aromatic rings. The second-order valence-electron chi connectivity index (χ2n) is 5.06. The van der Waals surface area contributed by atoms with Crippen LogP contribution in [0.15, 0.2) is 47.1 Å². The third-order valence-electron chi connectivity index (χ3n) is 3.34. The number of carbonyl (C=O) groups excluding carboxylic acids is 1. The van der Waals surface area contributed by atoms with Crippen molar-refractivity contribution in [2.75, 3.05) is 6.61 Å². The number of nitrogens with zero attached hydrogens (tertiary/aromatic N) is 1. The number of carbonyl (C=O) groups is 1. The smallest absolute Gasteiger partial charge is 0.363 e. The van der Waals surface area contributed by atoms with Crippen LogP contribution in [0.5, 0.6) is 5.75 Å². The van der Waals surface area contributed by atoms with Crippen LogP contribution in [0.3, 0.4) is 0 Å². The summed E-state index contributed by atoms with van der Waals surface area (Å²) in [6.07, 6.45) is 1.70. The Bertz CT molecular complexity index is 886. The monoisotopic (exact) mass is 579 g/mol. The lowest BCUT2D eigenvalue weighted by Crippen LogP contribution is -2.05. The number of halogens is 3. The Hall–Kier alpha value is -1.13. The molecule has 3 rings (SSSR count). The Morgan fingerprint density at radius 3 is 2.56 bits per heavy atom. The van der Waals surface area contributed by atoms with Crippen molar-refractivity contribution in [2.24, 2.45) is 4.99 Å². The highest BCUT2D eigenvalue weighted by atomic mass is 127. The fourth-order valence-electron chi connectivity index (χ4n) is 2.26. The van der Waals surface area contributed by atoms with E-state index in [2.05, 4.69) is 50.2 Å². The standard InChI is InChI=1S/C18H12ClI2NO3/c1-2-24-16-13(20)7-10(8-14(16)21)9-15-18(23)25-17(22-15)11-5-3-4-6-12(11)19/h3-9H,2H2,1H3/b15-9-. The van der Waals surface area contributed by atoms with Gasteiger partial charge in [0.1, 0.15) is 5.75 Å². The maximum absolute atomic E-state index is 12.1. The number of cyclic esters (lactones) is 1. The first-order chi connectivity index (χ1) is 12.0. The number of ether oxygens (including phenoxy) is 2. The van der Waals surface area contributed by atoms with Crippen molar-refractivity contribution in [3.8, 4) is 5.75 Å². The molecule has 128 valence electrons. The molecule has 4 nitrogen and oxygen atoms in total. The first kappa shape index (κ1) is 18.7. The van der Waals surface area contributed by atoms with Crippen molar-refractivity contribution in [1.82, 2.24) is 0 Å². The summed E-state index contributed by atoms with van der Waals surface area (Å²) in [5.74, 6) is 0.575. The van der Waals surface area contributed by atoms with Gasteiger partial charge in [-0.05, 0) is 88.0 Å². The Balaban J connectivity index is 1.96. The summed E-state index contributed by atoms with van der Waals surface area (Å²) in [5, 5.41) is 0.487. The topological polar surface area (TPSA) is 47.9 Å². The molecule has 0 saturated heterocycles. The zero-order valence-electron chi connectivity index (χ0n) is 13.1. The minimum absolute atomic E-state index is 0.220. The molecule has 0 radical (unpaired) electrons. The predicted octanol–water partition coefficient (Wildman–Crippen LogP) is 5.29. The molecule has 0 bridgehead atoms. The van der Waals surface area contributed by atoms with Crippen LogP contribution in [-0.2, 0) is 9.53 Å². The molecule has 25 heavy (non-hydrogen) atoms. The van der Waals surface area contributed by atoms with Gasteiger partial charge in [0, 0.05) is 0 Å². The fraction of sp³-hybridized carbons (Fsp3) is 0.111. The van der Waals surface area contributed by atoms with Crippen LogP contribution < -0.4 is 4.74 Å². The molecule has 7 heteroatoms. The highest BCUT2D eigenvalue weighted by Crippen LogP contribution is 2.30. The molecule has 0 amide bonds. The van der Waals surface area contributed by atoms with Crippen molar-refractivity contribution in [1.29, 1.82) is 0 Å². The average molecular weight is 580 g/mol. The normalized spacial score (nSPS) is 15.3. The van der Waals surface area contributed by atoms with E-state index in [0.717, 1.165) is 18.5 Å². The number of hydrogen-bond donors (Lipinski definition) is 0. The molecular formula is C18H12ClI2NO3. The molecular weight excluding hydrogens is 567 g/mol. The van der Waals surface area contributed by atoms with Gasteiger partial charge in [0.15, 0.2) is 5.70 Å². The first-order valence-electron chi connectivity index (χ1n) is 7.39. The fourth-order valence-corrected chi connectivity index (χ4v) is 4.61. The van der Waals surface area contributed by atoms with Crippen molar-refractivity contribution >= 4 is 74.7 Å². The minimum atomic E-state index is -0.492. The second kappa shape index (κ2) is 8.05. The minimum Gasteiger partial charge on any atom is -0.492 e. The Morgan fingerprint density at radius 2 is 1.92 bits per heavy atom. The molecule has 0 spiro atoms. The quantitative estimate of drug-likeness (QED) is 0.281. The highest BCUT2D eigenvalue weighted by Gasteiger charge is 2.25. The summed E-state index contributed by atoms with van der Waals surface area (Å²) in [5.41, 5.74) is 1.69. The van der Waals surface area contributed by atoms with E-state index in [4.69, 9.17) is 21.1 Å². The molecule has 0 atom stereocenters. The first-order valence-corrected chi connectivity index (χ1v) is 9.92. The summed E-state index contributed by atoms with van der Waals surface area (Å²) in [6, 6.07) is 11.0. The zero-order valence-corrected chi connectivity index (χ0v) is 18.1. The molecule has 1 aliphatic rings. The van der Waals surface area contributed by atoms with Crippen molar-refractivity contribution in [3.63, 3.8) is 0 Å². The van der Waals surface area contributed by atoms with E-state index < -0.39 is 5.97 Å². The van der Waals surface area contributed by atoms with Crippen LogP contribution in [0.2, 0.25) is 5.02 Å². The van der Waals surface area contributed by atoms with Gasteiger partial charge in [-0.15, -0.1) is 0 Å². The molecule has 0 unspecified atom stereocenters. The van der Waals surface area contributed by atoms with Gasteiger partial charge in [-0.3, -0.25) is 0 Å². The lowest BCUT2D eigenvalue weighted by atomic mass is 10.2. The van der Waals surface area contributed by atoms with Gasteiger partial charge in [0.2, 0.25) is 5.90 Å². The van der Waals surface area contributed by atoms with Crippen LogP contribution in [0.4, 0.5) is 0 Å². The molecule has 1 heterocycles. The van der Waals surface area contributed by atoms with Crippen molar-refractivity contribution < 1.29 is 14.3 Å². The van der Waals surface area contributed by atoms with Gasteiger partial charge >= 0.3 is 5.97 Å². The summed E-state index contributed by atoms with van der Waals surface area (Å²) >= 11 is 10.6. The zero-order chi connectivity index (χ0) is 18.0. The van der Waals surface area contributed by atoms with Gasteiger partial charge < -0.3 is 9.47 Å². The summed E-state index contributed by atoms with van der Waals surface area (Å²) in [4.78, 5) is 16.4. The molecule has 0 aromatic heterocycles. The van der Waals surface area contributed by atoms with E-state index in [1.165, 1.54) is 0 Å². The maximum Gasteiger partial charge on any atom is 0.363 e. The lowest BCUT2D eigenvalue weighted by Gasteiger charge is -2.09. The van der Waals surface area contributed by atoms with E-state index in [9.17, 15) is 4.79 Å². The molecule has 2 aromatic carbocycles. The average Bonchev–Trinajstić information content (AvgIpc) is 2.92. The summed E-state index contributed by atoms with van der Waals surface area (Å²) in [7, 11) is 0. The van der Waals surface area contributed by atoms with Crippen molar-refractivity contribution in [2.45, 2.75) is 6.92 Å². The van der Waals surface area contributed by atoms with Crippen LogP contribution in [0.1, 0.15) is 18.1 Å². The van der Waals surface area contributed by atoms with Crippen LogP contribution in [0, 0.1) is 7.14 Å². The number of rotatable bonds is 4. The van der Waals surface area contributed by atoms with Crippen LogP contribution >= 0.6 is 56.8 Å². The molecule has 0 N–H and O–H groups in total. The van der Waals surface area contributed by atoms with Gasteiger partial charge in [-0.25, -0.2) is 9.79 Å². The van der Waals surface area contributed by atoms with E-state index in [1.54, 1.807) is 18.2 Å². The lowest BCUT2D eigenvalue weighted by molar-refractivity contribution is -0.129. The SMILES string of the molecule is CCOc1c(I)cc(/C=C2\N=C(c3ccccc3Cl)OC2=O)cc1I. The van der Waals surface area contributed by atoms with Gasteiger partial charge in [-0.2, -0.15) is 0 Å². The number of benzene rings is 2. The third kappa shape index (κ3) is 4.17. The van der Waals surface area contributed by atoms with Crippen molar-refractivity contribution in [3.05, 3.63) is 65.4 Å². The predicted molar refractivity (Wildman–Crippen MR) is 115 cm³/mol.